The zero-order valence-corrected chi connectivity index (χ0v) is 10.5. The lowest BCUT2D eigenvalue weighted by molar-refractivity contribution is 0.121. The molecular weight excluding hydrogens is 248 g/mol. The molecule has 1 saturated heterocycles. The molecule has 0 amide bonds. The van der Waals surface area contributed by atoms with E-state index in [9.17, 15) is 0 Å². The summed E-state index contributed by atoms with van der Waals surface area (Å²) < 4.78 is 10.5. The summed E-state index contributed by atoms with van der Waals surface area (Å²) in [5.74, 6) is 1.02. The molecule has 8 heteroatoms. The smallest absolute Gasteiger partial charge is 0.266 e. The molecule has 1 aliphatic heterocycles. The Bertz CT molecular complexity index is 505. The fraction of sp³-hybridized carbons (Fsp3) is 0.545. The molecule has 0 saturated carbocycles. The molecular formula is C11H16N6O2. The van der Waals surface area contributed by atoms with Crippen molar-refractivity contribution in [3.63, 3.8) is 0 Å². The molecule has 1 atom stereocenters. The van der Waals surface area contributed by atoms with E-state index in [0.717, 1.165) is 18.8 Å². The number of nitrogens with zero attached hydrogens (tertiary/aromatic N) is 4. The molecule has 19 heavy (non-hydrogen) atoms. The Balaban J connectivity index is 1.66. The van der Waals surface area contributed by atoms with E-state index in [0.29, 0.717) is 31.5 Å². The van der Waals surface area contributed by atoms with Crippen LogP contribution in [0.5, 0.6) is 0 Å². The summed E-state index contributed by atoms with van der Waals surface area (Å²) in [7, 11) is 0. The van der Waals surface area contributed by atoms with Gasteiger partial charge >= 0.3 is 0 Å². The quantitative estimate of drug-likeness (QED) is 0.792. The van der Waals surface area contributed by atoms with Gasteiger partial charge in [0.1, 0.15) is 0 Å². The van der Waals surface area contributed by atoms with Crippen molar-refractivity contribution < 1.29 is 9.26 Å². The Morgan fingerprint density at radius 2 is 2.26 bits per heavy atom. The summed E-state index contributed by atoms with van der Waals surface area (Å²) in [6.07, 6.45) is 3.94. The molecule has 0 aliphatic carbocycles. The summed E-state index contributed by atoms with van der Waals surface area (Å²) in [6, 6.07) is -0.331. The number of aromatic nitrogens is 4. The van der Waals surface area contributed by atoms with E-state index in [-0.39, 0.29) is 6.04 Å². The first kappa shape index (κ1) is 12.1. The third-order valence-electron chi connectivity index (χ3n) is 3.04. The van der Waals surface area contributed by atoms with Crippen molar-refractivity contribution in [2.45, 2.75) is 12.5 Å². The van der Waals surface area contributed by atoms with E-state index in [2.05, 4.69) is 20.1 Å². The van der Waals surface area contributed by atoms with E-state index in [4.69, 9.17) is 15.0 Å². The van der Waals surface area contributed by atoms with Gasteiger partial charge in [0.2, 0.25) is 5.89 Å². The molecule has 3 rings (SSSR count). The molecule has 0 unspecified atom stereocenters. The predicted molar refractivity (Wildman–Crippen MR) is 66.6 cm³/mol. The average molecular weight is 264 g/mol. The molecule has 2 aromatic heterocycles. The molecule has 1 fully saturated rings. The Kier molecular flexibility index (Phi) is 3.43. The number of morpholine rings is 1. The van der Waals surface area contributed by atoms with Crippen molar-refractivity contribution in [2.75, 3.05) is 31.2 Å². The van der Waals surface area contributed by atoms with Crippen LogP contribution in [0.4, 0.5) is 5.95 Å². The number of aromatic amines is 1. The minimum Gasteiger partial charge on any atom is -0.378 e. The van der Waals surface area contributed by atoms with Gasteiger partial charge in [-0.1, -0.05) is 0 Å². The lowest BCUT2D eigenvalue weighted by atomic mass is 10.2. The molecule has 0 radical (unpaired) electrons. The number of H-pyrrole nitrogens is 1. The van der Waals surface area contributed by atoms with Gasteiger partial charge in [-0.2, -0.15) is 4.98 Å². The summed E-state index contributed by atoms with van der Waals surface area (Å²) in [6.45, 7) is 2.91. The SMILES string of the molecule is N[C@H](Cc1cnc[nH]1)c1nc(N2CCOCC2)no1. The maximum Gasteiger partial charge on any atom is 0.266 e. The van der Waals surface area contributed by atoms with Crippen LogP contribution in [0, 0.1) is 0 Å². The van der Waals surface area contributed by atoms with Gasteiger partial charge in [-0.3, -0.25) is 0 Å². The minimum absolute atomic E-state index is 0.331. The average Bonchev–Trinajstić information content (AvgIpc) is 3.10. The van der Waals surface area contributed by atoms with Gasteiger partial charge < -0.3 is 24.9 Å². The van der Waals surface area contributed by atoms with Crippen molar-refractivity contribution in [1.82, 2.24) is 20.1 Å². The molecule has 1 aliphatic rings. The van der Waals surface area contributed by atoms with Crippen LogP contribution >= 0.6 is 0 Å². The molecule has 0 aromatic carbocycles. The lowest BCUT2D eigenvalue weighted by Gasteiger charge is -2.24. The monoisotopic (exact) mass is 264 g/mol. The Labute approximate surface area is 109 Å². The number of nitrogens with one attached hydrogen (secondary N) is 1. The van der Waals surface area contributed by atoms with E-state index in [1.165, 1.54) is 0 Å². The number of hydrogen-bond donors (Lipinski definition) is 2. The van der Waals surface area contributed by atoms with E-state index in [1.54, 1.807) is 12.5 Å². The molecule has 0 spiro atoms. The molecule has 2 aromatic rings. The molecule has 0 bridgehead atoms. The zero-order chi connectivity index (χ0) is 13.1. The van der Waals surface area contributed by atoms with Crippen molar-refractivity contribution in [3.8, 4) is 0 Å². The summed E-state index contributed by atoms with van der Waals surface area (Å²) in [4.78, 5) is 13.3. The molecule has 3 N–H and O–H groups in total. The topological polar surface area (TPSA) is 106 Å². The van der Waals surface area contributed by atoms with Crippen LogP contribution in [0.2, 0.25) is 0 Å². The highest BCUT2D eigenvalue weighted by molar-refractivity contribution is 5.28. The van der Waals surface area contributed by atoms with Gasteiger partial charge in [0, 0.05) is 31.4 Å². The van der Waals surface area contributed by atoms with Gasteiger partial charge in [-0.15, -0.1) is 0 Å². The standard InChI is InChI=1S/C11H16N6O2/c12-9(5-8-6-13-7-14-8)10-15-11(16-19-10)17-1-3-18-4-2-17/h6-7,9H,1-5,12H2,(H,13,14)/t9-/m1/s1. The van der Waals surface area contributed by atoms with Gasteiger partial charge in [0.05, 0.1) is 25.6 Å². The Morgan fingerprint density at radius 3 is 3.00 bits per heavy atom. The number of anilines is 1. The van der Waals surface area contributed by atoms with Crippen molar-refractivity contribution >= 4 is 5.95 Å². The maximum absolute atomic E-state index is 6.04. The van der Waals surface area contributed by atoms with Crippen LogP contribution in [0.15, 0.2) is 17.0 Å². The predicted octanol–water partition coefficient (Wildman–Crippen LogP) is -0.128. The number of nitrogens with two attached hydrogens (primary N) is 1. The highest BCUT2D eigenvalue weighted by Crippen LogP contribution is 2.17. The van der Waals surface area contributed by atoms with Crippen LogP contribution in [-0.4, -0.2) is 46.4 Å². The highest BCUT2D eigenvalue weighted by Gasteiger charge is 2.20. The summed E-state index contributed by atoms with van der Waals surface area (Å²) >= 11 is 0. The fourth-order valence-corrected chi connectivity index (χ4v) is 1.99. The van der Waals surface area contributed by atoms with Gasteiger partial charge in [-0.25, -0.2) is 4.98 Å². The van der Waals surface area contributed by atoms with Crippen molar-refractivity contribution in [3.05, 3.63) is 24.1 Å². The number of imidazole rings is 1. The van der Waals surface area contributed by atoms with Gasteiger partial charge in [-0.05, 0) is 5.16 Å². The second kappa shape index (κ2) is 5.37. The highest BCUT2D eigenvalue weighted by atomic mass is 16.5. The first-order chi connectivity index (χ1) is 9.33. The van der Waals surface area contributed by atoms with Crippen LogP contribution in [0.25, 0.3) is 0 Å². The zero-order valence-electron chi connectivity index (χ0n) is 10.5. The summed E-state index contributed by atoms with van der Waals surface area (Å²) in [5.41, 5.74) is 6.99. The minimum atomic E-state index is -0.331. The third kappa shape index (κ3) is 2.74. The van der Waals surface area contributed by atoms with Crippen LogP contribution in [0.1, 0.15) is 17.6 Å². The second-order valence-corrected chi connectivity index (χ2v) is 4.42. The summed E-state index contributed by atoms with van der Waals surface area (Å²) in [5, 5.41) is 3.97. The Morgan fingerprint density at radius 1 is 1.42 bits per heavy atom. The number of hydrogen-bond acceptors (Lipinski definition) is 7. The van der Waals surface area contributed by atoms with Gasteiger partial charge in [0.25, 0.3) is 5.95 Å². The first-order valence-electron chi connectivity index (χ1n) is 6.22. The largest absolute Gasteiger partial charge is 0.378 e. The first-order valence-corrected chi connectivity index (χ1v) is 6.22. The van der Waals surface area contributed by atoms with Crippen molar-refractivity contribution in [1.29, 1.82) is 0 Å². The molecule has 102 valence electrons. The Hall–Kier alpha value is -1.93. The second-order valence-electron chi connectivity index (χ2n) is 4.42. The van der Waals surface area contributed by atoms with E-state index >= 15 is 0 Å². The lowest BCUT2D eigenvalue weighted by Crippen LogP contribution is -2.36. The van der Waals surface area contributed by atoms with Crippen LogP contribution in [0.3, 0.4) is 0 Å². The van der Waals surface area contributed by atoms with E-state index in [1.807, 2.05) is 4.90 Å². The normalized spacial score (nSPS) is 17.6. The van der Waals surface area contributed by atoms with Crippen molar-refractivity contribution in [2.24, 2.45) is 5.73 Å². The van der Waals surface area contributed by atoms with Gasteiger partial charge in [0.15, 0.2) is 0 Å². The fourth-order valence-electron chi connectivity index (χ4n) is 1.99. The number of rotatable bonds is 4. The number of ether oxygens (including phenoxy) is 1. The molecule has 8 nitrogen and oxygen atoms in total. The molecule has 3 heterocycles. The van der Waals surface area contributed by atoms with Crippen LogP contribution in [-0.2, 0) is 11.2 Å². The third-order valence-corrected chi connectivity index (χ3v) is 3.04. The van der Waals surface area contributed by atoms with E-state index < -0.39 is 0 Å². The van der Waals surface area contributed by atoms with Crippen LogP contribution < -0.4 is 10.6 Å². The maximum atomic E-state index is 6.04.